The van der Waals surface area contributed by atoms with E-state index in [0.29, 0.717) is 12.0 Å². The largest absolute Gasteiger partial charge is 0.383 e. The Balaban J connectivity index is 1.37. The summed E-state index contributed by atoms with van der Waals surface area (Å²) < 4.78 is 13.3. The summed E-state index contributed by atoms with van der Waals surface area (Å²) in [6, 6.07) is 13.7. The fourth-order valence-electron chi connectivity index (χ4n) is 3.61. The number of piperazine rings is 1. The summed E-state index contributed by atoms with van der Waals surface area (Å²) in [5, 5.41) is 2.59. The third-order valence-electron chi connectivity index (χ3n) is 5.49. The molecule has 11 heteroatoms. The van der Waals surface area contributed by atoms with Gasteiger partial charge in [-0.15, -0.1) is 0 Å². The van der Waals surface area contributed by atoms with Gasteiger partial charge in [-0.05, 0) is 29.7 Å². The Bertz CT molecular complexity index is 1260. The van der Waals surface area contributed by atoms with Gasteiger partial charge in [0.1, 0.15) is 24.7 Å². The van der Waals surface area contributed by atoms with Gasteiger partial charge in [0, 0.05) is 19.3 Å². The zero-order valence-corrected chi connectivity index (χ0v) is 19.3. The fourth-order valence-corrected chi connectivity index (χ4v) is 3.81. The number of nitrogens with one attached hydrogen (secondary N) is 1. The van der Waals surface area contributed by atoms with Gasteiger partial charge in [-0.2, -0.15) is 4.98 Å². The molecule has 0 aliphatic carbocycles. The number of aromatic nitrogens is 2. The van der Waals surface area contributed by atoms with E-state index >= 15 is 0 Å². The van der Waals surface area contributed by atoms with Crippen LogP contribution in [-0.4, -0.2) is 52.2 Å². The number of hydrogen-bond acceptors (Lipinski definition) is 7. The summed E-state index contributed by atoms with van der Waals surface area (Å²) in [5.74, 6) is -1.83. The zero-order chi connectivity index (χ0) is 24.9. The summed E-state index contributed by atoms with van der Waals surface area (Å²) in [4.78, 5) is 48.6. The lowest BCUT2D eigenvalue weighted by atomic mass is 10.1. The molecule has 1 fully saturated rings. The molecule has 3 amide bonds. The molecule has 2 aromatic carbocycles. The SMILES string of the molecule is Nc1nc(N2CC(=O)N(CCc3ccccc3)C(=O)C2)ncc1C(=O)NCc1ccc(F)c(Cl)c1. The number of carbonyl (C=O) groups is 3. The van der Waals surface area contributed by atoms with Crippen LogP contribution in [0.4, 0.5) is 16.2 Å². The second-order valence-electron chi connectivity index (χ2n) is 7.93. The van der Waals surface area contributed by atoms with Gasteiger partial charge in [0.15, 0.2) is 0 Å². The summed E-state index contributed by atoms with van der Waals surface area (Å²) in [5.41, 5.74) is 7.62. The number of imide groups is 1. The molecule has 0 unspecified atom stereocenters. The average molecular weight is 497 g/mol. The molecule has 0 saturated carbocycles. The van der Waals surface area contributed by atoms with Gasteiger partial charge in [-0.25, -0.2) is 9.37 Å². The van der Waals surface area contributed by atoms with E-state index in [1.165, 1.54) is 34.2 Å². The Morgan fingerprint density at radius 2 is 1.80 bits per heavy atom. The van der Waals surface area contributed by atoms with E-state index < -0.39 is 11.7 Å². The van der Waals surface area contributed by atoms with Crippen molar-refractivity contribution in [2.45, 2.75) is 13.0 Å². The highest BCUT2D eigenvalue weighted by atomic mass is 35.5. The molecular formula is C24H22ClFN6O3. The molecule has 0 atom stereocenters. The molecule has 0 spiro atoms. The van der Waals surface area contributed by atoms with E-state index in [0.717, 1.165) is 5.56 Å². The van der Waals surface area contributed by atoms with Crippen LogP contribution in [0.15, 0.2) is 54.7 Å². The number of amides is 3. The first kappa shape index (κ1) is 24.1. The second kappa shape index (κ2) is 10.5. The Morgan fingerprint density at radius 3 is 2.46 bits per heavy atom. The van der Waals surface area contributed by atoms with E-state index in [1.54, 1.807) is 0 Å². The van der Waals surface area contributed by atoms with Crippen LogP contribution < -0.4 is 16.0 Å². The number of carbonyl (C=O) groups excluding carboxylic acids is 3. The van der Waals surface area contributed by atoms with Crippen LogP contribution in [-0.2, 0) is 22.6 Å². The number of nitrogen functional groups attached to an aromatic ring is 1. The highest BCUT2D eigenvalue weighted by Crippen LogP contribution is 2.18. The second-order valence-corrected chi connectivity index (χ2v) is 8.34. The lowest BCUT2D eigenvalue weighted by molar-refractivity contribution is -0.145. The van der Waals surface area contributed by atoms with Gasteiger partial charge in [0.25, 0.3) is 5.91 Å². The van der Waals surface area contributed by atoms with Crippen molar-refractivity contribution in [3.05, 3.63) is 82.3 Å². The van der Waals surface area contributed by atoms with Crippen LogP contribution in [0.25, 0.3) is 0 Å². The third kappa shape index (κ3) is 5.72. The standard InChI is InChI=1S/C24H22ClFN6O3/c25-18-10-16(6-7-19(18)26)11-28-23(35)17-12-29-24(30-22(17)27)31-13-20(33)32(21(34)14-31)9-8-15-4-2-1-3-5-15/h1-7,10,12H,8-9,11,13-14H2,(H,28,35)(H2,27,29,30). The maximum Gasteiger partial charge on any atom is 0.256 e. The molecule has 3 aromatic rings. The molecule has 9 nitrogen and oxygen atoms in total. The lowest BCUT2D eigenvalue weighted by Crippen LogP contribution is -2.55. The molecule has 1 aliphatic heterocycles. The monoisotopic (exact) mass is 496 g/mol. The Hall–Kier alpha value is -4.05. The van der Waals surface area contributed by atoms with Crippen LogP contribution in [0.2, 0.25) is 5.02 Å². The van der Waals surface area contributed by atoms with Crippen molar-refractivity contribution >= 4 is 41.1 Å². The van der Waals surface area contributed by atoms with Gasteiger partial charge in [-0.1, -0.05) is 48.0 Å². The molecule has 1 saturated heterocycles. The van der Waals surface area contributed by atoms with Crippen LogP contribution in [0.3, 0.4) is 0 Å². The smallest absolute Gasteiger partial charge is 0.256 e. The predicted molar refractivity (Wildman–Crippen MR) is 128 cm³/mol. The number of anilines is 2. The Labute approximate surface area is 205 Å². The molecule has 1 aliphatic rings. The molecule has 4 rings (SSSR count). The number of halogens is 2. The zero-order valence-electron chi connectivity index (χ0n) is 18.6. The van der Waals surface area contributed by atoms with Gasteiger partial charge in [0.2, 0.25) is 17.8 Å². The normalized spacial score (nSPS) is 13.8. The van der Waals surface area contributed by atoms with E-state index in [9.17, 15) is 18.8 Å². The molecule has 0 bridgehead atoms. The number of nitrogens with zero attached hydrogens (tertiary/aromatic N) is 4. The van der Waals surface area contributed by atoms with E-state index in [2.05, 4.69) is 15.3 Å². The van der Waals surface area contributed by atoms with Gasteiger partial charge in [0.05, 0.1) is 10.6 Å². The average Bonchev–Trinajstić information content (AvgIpc) is 2.84. The van der Waals surface area contributed by atoms with Crippen molar-refractivity contribution < 1.29 is 18.8 Å². The minimum Gasteiger partial charge on any atom is -0.383 e. The topological polar surface area (TPSA) is 122 Å². The number of nitrogens with two attached hydrogens (primary N) is 1. The molecule has 0 radical (unpaired) electrons. The maximum absolute atomic E-state index is 13.3. The van der Waals surface area contributed by atoms with E-state index in [4.69, 9.17) is 17.3 Å². The van der Waals surface area contributed by atoms with Crippen molar-refractivity contribution in [2.75, 3.05) is 30.3 Å². The van der Waals surface area contributed by atoms with Crippen LogP contribution in [0.5, 0.6) is 0 Å². The summed E-state index contributed by atoms with van der Waals surface area (Å²) in [6.45, 7) is 0.207. The highest BCUT2D eigenvalue weighted by Gasteiger charge is 2.32. The Kier molecular flexibility index (Phi) is 7.21. The lowest BCUT2D eigenvalue weighted by Gasteiger charge is -2.32. The molecular weight excluding hydrogens is 475 g/mol. The highest BCUT2D eigenvalue weighted by molar-refractivity contribution is 6.30. The maximum atomic E-state index is 13.3. The molecule has 2 heterocycles. The third-order valence-corrected chi connectivity index (χ3v) is 5.78. The first-order chi connectivity index (χ1) is 16.8. The van der Waals surface area contributed by atoms with Crippen LogP contribution in [0.1, 0.15) is 21.5 Å². The minimum atomic E-state index is -0.552. The number of hydrogen-bond donors (Lipinski definition) is 2. The minimum absolute atomic E-state index is 0.0288. The molecule has 1 aromatic heterocycles. The van der Waals surface area contributed by atoms with Gasteiger partial charge in [-0.3, -0.25) is 19.3 Å². The first-order valence-electron chi connectivity index (χ1n) is 10.8. The van der Waals surface area contributed by atoms with Gasteiger partial charge < -0.3 is 16.0 Å². The molecule has 35 heavy (non-hydrogen) atoms. The summed E-state index contributed by atoms with van der Waals surface area (Å²) in [7, 11) is 0. The number of benzene rings is 2. The number of rotatable bonds is 7. The predicted octanol–water partition coefficient (Wildman–Crippen LogP) is 2.20. The van der Waals surface area contributed by atoms with Crippen molar-refractivity contribution in [1.82, 2.24) is 20.2 Å². The van der Waals surface area contributed by atoms with Crippen LogP contribution in [0, 0.1) is 5.82 Å². The van der Waals surface area contributed by atoms with Crippen molar-refractivity contribution in [3.63, 3.8) is 0 Å². The van der Waals surface area contributed by atoms with Crippen molar-refractivity contribution in [2.24, 2.45) is 0 Å². The van der Waals surface area contributed by atoms with Crippen molar-refractivity contribution in [1.29, 1.82) is 0 Å². The Morgan fingerprint density at radius 1 is 1.09 bits per heavy atom. The molecule has 180 valence electrons. The van der Waals surface area contributed by atoms with E-state index in [1.807, 2.05) is 30.3 Å². The summed E-state index contributed by atoms with van der Waals surface area (Å²) in [6.07, 6.45) is 1.80. The molecule has 3 N–H and O–H groups in total. The van der Waals surface area contributed by atoms with E-state index in [-0.39, 0.29) is 60.3 Å². The quantitative estimate of drug-likeness (QED) is 0.481. The van der Waals surface area contributed by atoms with Gasteiger partial charge >= 0.3 is 0 Å². The van der Waals surface area contributed by atoms with Crippen molar-refractivity contribution in [3.8, 4) is 0 Å². The first-order valence-corrected chi connectivity index (χ1v) is 11.2. The fraction of sp³-hybridized carbons (Fsp3) is 0.208. The summed E-state index contributed by atoms with van der Waals surface area (Å²) >= 11 is 5.75. The van der Waals surface area contributed by atoms with Crippen LogP contribution >= 0.6 is 11.6 Å².